The van der Waals surface area contributed by atoms with E-state index in [2.05, 4.69) is 27.1 Å². The molecule has 2 aliphatic rings. The molecule has 1 N–H and O–H groups in total. The molecule has 10 heteroatoms. The zero-order valence-corrected chi connectivity index (χ0v) is 19.9. The number of nitrogens with zero attached hydrogens (tertiary/aromatic N) is 4. The summed E-state index contributed by atoms with van der Waals surface area (Å²) in [5.74, 6) is 0.307. The summed E-state index contributed by atoms with van der Waals surface area (Å²) in [4.78, 5) is 25.4. The quantitative estimate of drug-likeness (QED) is 0.531. The van der Waals surface area contributed by atoms with Crippen LogP contribution in [0.3, 0.4) is 0 Å². The maximum Gasteiger partial charge on any atom is 0.415 e. The maximum atomic E-state index is 14.7. The molecule has 1 aromatic heterocycles. The number of anilines is 3. The Morgan fingerprint density at radius 2 is 2.06 bits per heavy atom. The number of rotatable bonds is 6. The van der Waals surface area contributed by atoms with Crippen LogP contribution in [-0.4, -0.2) is 59.9 Å². The minimum absolute atomic E-state index is 0.0495. The molecule has 2 saturated heterocycles. The number of fused-ring (bicyclic) bond motifs is 1. The zero-order valence-electron chi connectivity index (χ0n) is 19.2. The Labute approximate surface area is 201 Å². The molecular weight excluding hydrogens is 461 g/mol. The lowest BCUT2D eigenvalue weighted by atomic mass is 9.93. The number of hydrogen-bond donors (Lipinski definition) is 1. The van der Waals surface area contributed by atoms with Crippen molar-refractivity contribution < 1.29 is 18.7 Å². The summed E-state index contributed by atoms with van der Waals surface area (Å²) in [5, 5.41) is 3.67. The van der Waals surface area contributed by atoms with Gasteiger partial charge in [-0.15, -0.1) is 0 Å². The topological polar surface area (TPSA) is 79.8 Å². The third-order valence-corrected chi connectivity index (χ3v) is 6.75. The van der Waals surface area contributed by atoms with Crippen molar-refractivity contribution in [2.45, 2.75) is 25.9 Å². The lowest BCUT2D eigenvalue weighted by Gasteiger charge is -2.45. The number of likely N-dealkylation sites (tertiary alicyclic amines) is 1. The largest absolute Gasteiger partial charge is 0.494 e. The first-order chi connectivity index (χ1) is 16.3. The lowest BCUT2D eigenvalue weighted by Crippen LogP contribution is -2.63. The van der Waals surface area contributed by atoms with Gasteiger partial charge in [0.15, 0.2) is 11.4 Å². The van der Waals surface area contributed by atoms with Gasteiger partial charge < -0.3 is 14.8 Å². The molecule has 0 radical (unpaired) electrons. The van der Waals surface area contributed by atoms with Crippen LogP contribution >= 0.6 is 11.6 Å². The highest BCUT2D eigenvalue weighted by atomic mass is 35.5. The smallest absolute Gasteiger partial charge is 0.415 e. The molecule has 0 unspecified atom stereocenters. The molecule has 1 amide bonds. The van der Waals surface area contributed by atoms with E-state index >= 15 is 0 Å². The predicted molar refractivity (Wildman–Crippen MR) is 129 cm³/mol. The standard InChI is InChI=1S/C24H25ClFN5O3/c1-4-7-30-10-24(11-30)12-31(23(32)34-24)18-8-15-17(9-19(18)33-3)27-13-28-22(15)29-16-6-5-14(2)20(25)21(16)26/h5-6,8-9,13H,4,7,10-12H2,1-3H3,(H,27,28,29). The highest BCUT2D eigenvalue weighted by Gasteiger charge is 2.54. The highest BCUT2D eigenvalue weighted by molar-refractivity contribution is 6.31. The number of methoxy groups -OCH3 is 1. The highest BCUT2D eigenvalue weighted by Crippen LogP contribution is 2.41. The van der Waals surface area contributed by atoms with Crippen LogP contribution in [0.25, 0.3) is 10.9 Å². The first-order valence-corrected chi connectivity index (χ1v) is 11.5. The summed E-state index contributed by atoms with van der Waals surface area (Å²) < 4.78 is 26.1. The fourth-order valence-corrected chi connectivity index (χ4v) is 4.80. The lowest BCUT2D eigenvalue weighted by molar-refractivity contribution is -0.0720. The Hall–Kier alpha value is -3.17. The molecule has 2 aromatic carbocycles. The second-order valence-electron chi connectivity index (χ2n) is 8.79. The fraction of sp³-hybridized carbons (Fsp3) is 0.375. The number of halogens is 2. The van der Waals surface area contributed by atoms with Crippen molar-refractivity contribution in [3.8, 4) is 5.75 Å². The van der Waals surface area contributed by atoms with Crippen molar-refractivity contribution in [1.82, 2.24) is 14.9 Å². The van der Waals surface area contributed by atoms with Gasteiger partial charge in [0, 0.05) is 24.5 Å². The summed E-state index contributed by atoms with van der Waals surface area (Å²) in [6, 6.07) is 6.84. The van der Waals surface area contributed by atoms with Crippen molar-refractivity contribution in [2.24, 2.45) is 0 Å². The average molecular weight is 486 g/mol. The third-order valence-electron chi connectivity index (χ3n) is 6.29. The molecule has 5 rings (SSSR count). The summed E-state index contributed by atoms with van der Waals surface area (Å²) in [5.41, 5.74) is 1.45. The van der Waals surface area contributed by atoms with E-state index in [9.17, 15) is 9.18 Å². The van der Waals surface area contributed by atoms with Gasteiger partial charge in [-0.05, 0) is 37.6 Å². The van der Waals surface area contributed by atoms with Gasteiger partial charge in [-0.1, -0.05) is 24.6 Å². The monoisotopic (exact) mass is 485 g/mol. The number of ether oxygens (including phenoxy) is 2. The molecule has 178 valence electrons. The van der Waals surface area contributed by atoms with Gasteiger partial charge in [-0.2, -0.15) is 0 Å². The van der Waals surface area contributed by atoms with Gasteiger partial charge in [-0.3, -0.25) is 9.80 Å². The Morgan fingerprint density at radius 3 is 2.79 bits per heavy atom. The number of benzene rings is 2. The first kappa shape index (κ1) is 22.6. The van der Waals surface area contributed by atoms with E-state index in [0.29, 0.717) is 53.4 Å². The number of aromatic nitrogens is 2. The first-order valence-electron chi connectivity index (χ1n) is 11.1. The minimum Gasteiger partial charge on any atom is -0.494 e. The SMILES string of the molecule is CCCN1CC2(C1)CN(c1cc3c(Nc4ccc(C)c(Cl)c4F)ncnc3cc1OC)C(=O)O2. The van der Waals surface area contributed by atoms with Gasteiger partial charge in [0.25, 0.3) is 0 Å². The Balaban J connectivity index is 1.51. The molecule has 1 spiro atoms. The van der Waals surface area contributed by atoms with Gasteiger partial charge in [0.05, 0.1) is 35.6 Å². The summed E-state index contributed by atoms with van der Waals surface area (Å²) in [7, 11) is 1.54. The average Bonchev–Trinajstić information content (AvgIpc) is 3.15. The zero-order chi connectivity index (χ0) is 24.0. The van der Waals surface area contributed by atoms with E-state index in [4.69, 9.17) is 21.1 Å². The minimum atomic E-state index is -0.561. The van der Waals surface area contributed by atoms with Crippen LogP contribution in [0.5, 0.6) is 5.75 Å². The van der Waals surface area contributed by atoms with Gasteiger partial charge >= 0.3 is 6.09 Å². The Kier molecular flexibility index (Phi) is 5.69. The van der Waals surface area contributed by atoms with Crippen LogP contribution in [-0.2, 0) is 4.74 Å². The molecule has 2 aliphatic heterocycles. The normalized spacial score (nSPS) is 17.2. The third kappa shape index (κ3) is 3.78. The molecule has 8 nitrogen and oxygen atoms in total. The van der Waals surface area contributed by atoms with Gasteiger partial charge in [0.2, 0.25) is 0 Å². The molecule has 0 aliphatic carbocycles. The van der Waals surface area contributed by atoms with Crippen LogP contribution in [0.15, 0.2) is 30.6 Å². The fourth-order valence-electron chi connectivity index (χ4n) is 4.63. The van der Waals surface area contributed by atoms with Gasteiger partial charge in [-0.25, -0.2) is 19.2 Å². The van der Waals surface area contributed by atoms with E-state index in [0.717, 1.165) is 13.0 Å². The number of carbonyl (C=O) groups is 1. The molecule has 2 fully saturated rings. The molecule has 34 heavy (non-hydrogen) atoms. The second-order valence-corrected chi connectivity index (χ2v) is 9.17. The van der Waals surface area contributed by atoms with Crippen molar-refractivity contribution in [2.75, 3.05) is 43.5 Å². The Morgan fingerprint density at radius 1 is 1.26 bits per heavy atom. The summed E-state index contributed by atoms with van der Waals surface area (Å²) >= 11 is 6.08. The van der Waals surface area contributed by atoms with E-state index in [-0.39, 0.29) is 10.7 Å². The molecular formula is C24H25ClFN5O3. The van der Waals surface area contributed by atoms with Crippen LogP contribution < -0.4 is 15.0 Å². The van der Waals surface area contributed by atoms with E-state index in [1.165, 1.54) is 13.4 Å². The number of carbonyl (C=O) groups excluding carboxylic acids is 1. The number of hydrogen-bond acceptors (Lipinski definition) is 7. The predicted octanol–water partition coefficient (Wildman–Crippen LogP) is 4.90. The number of nitrogens with one attached hydrogen (secondary N) is 1. The van der Waals surface area contributed by atoms with Crippen LogP contribution in [0.4, 0.5) is 26.4 Å². The van der Waals surface area contributed by atoms with Crippen molar-refractivity contribution in [3.63, 3.8) is 0 Å². The van der Waals surface area contributed by atoms with Crippen molar-refractivity contribution >= 4 is 45.8 Å². The van der Waals surface area contributed by atoms with Crippen molar-refractivity contribution in [1.29, 1.82) is 0 Å². The molecule has 0 atom stereocenters. The van der Waals surface area contributed by atoms with Crippen LogP contribution in [0, 0.1) is 12.7 Å². The van der Waals surface area contributed by atoms with Crippen LogP contribution in [0.1, 0.15) is 18.9 Å². The van der Waals surface area contributed by atoms with Crippen molar-refractivity contribution in [3.05, 3.63) is 47.0 Å². The molecule has 3 heterocycles. The molecule has 3 aromatic rings. The van der Waals surface area contributed by atoms with Gasteiger partial charge in [0.1, 0.15) is 17.9 Å². The second kappa shape index (κ2) is 8.56. The van der Waals surface area contributed by atoms with Crippen LogP contribution in [0.2, 0.25) is 5.02 Å². The Bertz CT molecular complexity index is 1280. The number of aryl methyl sites for hydroxylation is 1. The van der Waals surface area contributed by atoms with E-state index < -0.39 is 17.5 Å². The molecule has 0 bridgehead atoms. The number of amides is 1. The van der Waals surface area contributed by atoms with E-state index in [1.807, 2.05) is 0 Å². The molecule has 0 saturated carbocycles. The maximum absolute atomic E-state index is 14.7. The summed E-state index contributed by atoms with van der Waals surface area (Å²) in [6.07, 6.45) is 2.01. The van der Waals surface area contributed by atoms with E-state index in [1.54, 1.807) is 36.1 Å². The summed E-state index contributed by atoms with van der Waals surface area (Å²) in [6.45, 7) is 6.68.